The number of aliphatic hydroxyl groups is 1. The van der Waals surface area contributed by atoms with Gasteiger partial charge in [-0.05, 0) is 50.6 Å². The van der Waals surface area contributed by atoms with Gasteiger partial charge < -0.3 is 14.6 Å². The van der Waals surface area contributed by atoms with Gasteiger partial charge in [0.15, 0.2) is 22.9 Å². The number of benzene rings is 2. The molecular weight excluding hydrogens is 418 g/mol. The largest absolute Gasteiger partial charge is 0.486 e. The minimum Gasteiger partial charge on any atom is -0.486 e. The van der Waals surface area contributed by atoms with E-state index >= 15 is 0 Å². The number of aryl methyl sites for hydroxylation is 1. The highest BCUT2D eigenvalue weighted by Gasteiger charge is 2.19. The number of ether oxygens (including phenoxy) is 2. The van der Waals surface area contributed by atoms with Crippen molar-refractivity contribution in [2.24, 2.45) is 0 Å². The van der Waals surface area contributed by atoms with Crippen LogP contribution in [0.1, 0.15) is 41.2 Å². The molecule has 5 rings (SSSR count). The molecule has 7 heteroatoms. The number of Topliss-reactive ketones (excluding diaryl/α,β-unsaturated/α-hetero) is 1. The van der Waals surface area contributed by atoms with E-state index < -0.39 is 5.60 Å². The molecule has 1 N–H and O–H groups in total. The highest BCUT2D eigenvalue weighted by Crippen LogP contribution is 2.35. The van der Waals surface area contributed by atoms with Gasteiger partial charge in [0.1, 0.15) is 13.2 Å². The molecule has 33 heavy (non-hydrogen) atoms. The van der Waals surface area contributed by atoms with Crippen molar-refractivity contribution in [2.75, 3.05) is 13.2 Å². The molecule has 0 amide bonds. The van der Waals surface area contributed by atoms with Crippen LogP contribution in [0.3, 0.4) is 0 Å². The van der Waals surface area contributed by atoms with E-state index in [0.29, 0.717) is 35.9 Å². The highest BCUT2D eigenvalue weighted by atomic mass is 16.6. The van der Waals surface area contributed by atoms with Crippen molar-refractivity contribution in [1.82, 2.24) is 14.6 Å². The molecule has 0 unspecified atom stereocenters. The summed E-state index contributed by atoms with van der Waals surface area (Å²) in [6, 6.07) is 16.6. The molecule has 2 aromatic heterocycles. The van der Waals surface area contributed by atoms with Crippen LogP contribution in [0.15, 0.2) is 54.6 Å². The van der Waals surface area contributed by atoms with Crippen LogP contribution in [-0.4, -0.2) is 38.7 Å². The Morgan fingerprint density at radius 1 is 1.03 bits per heavy atom. The maximum Gasteiger partial charge on any atom is 0.168 e. The van der Waals surface area contributed by atoms with Crippen LogP contribution in [0.4, 0.5) is 0 Å². The summed E-state index contributed by atoms with van der Waals surface area (Å²) in [5.74, 6) is 1.37. The van der Waals surface area contributed by atoms with E-state index in [1.165, 1.54) is 0 Å². The summed E-state index contributed by atoms with van der Waals surface area (Å²) in [5.41, 5.74) is 4.29. The molecule has 3 heterocycles. The Labute approximate surface area is 191 Å². The Kier molecular flexibility index (Phi) is 5.13. The van der Waals surface area contributed by atoms with Gasteiger partial charge >= 0.3 is 0 Å². The molecule has 7 nitrogen and oxygen atoms in total. The maximum atomic E-state index is 13.0. The zero-order chi connectivity index (χ0) is 23.2. The van der Waals surface area contributed by atoms with Gasteiger partial charge in [-0.15, -0.1) is 0 Å². The first-order valence-electron chi connectivity index (χ1n) is 10.9. The van der Waals surface area contributed by atoms with Crippen LogP contribution in [0.5, 0.6) is 11.5 Å². The van der Waals surface area contributed by atoms with Crippen molar-refractivity contribution >= 4 is 11.4 Å². The Morgan fingerprint density at radius 2 is 1.76 bits per heavy atom. The van der Waals surface area contributed by atoms with E-state index in [-0.39, 0.29) is 12.2 Å². The number of rotatable bonds is 5. The fourth-order valence-electron chi connectivity index (χ4n) is 3.97. The van der Waals surface area contributed by atoms with Crippen LogP contribution in [0, 0.1) is 6.92 Å². The van der Waals surface area contributed by atoms with Crippen molar-refractivity contribution in [3.63, 3.8) is 0 Å². The fraction of sp³-hybridized carbons (Fsp3) is 0.269. The second-order valence-electron chi connectivity index (χ2n) is 8.78. The smallest absolute Gasteiger partial charge is 0.168 e. The average Bonchev–Trinajstić information content (AvgIpc) is 3.17. The first-order chi connectivity index (χ1) is 15.8. The molecule has 0 saturated heterocycles. The third-order valence-electron chi connectivity index (χ3n) is 5.70. The lowest BCUT2D eigenvalue weighted by atomic mass is 9.96. The summed E-state index contributed by atoms with van der Waals surface area (Å²) in [6.07, 6.45) is 0.153. The number of nitrogens with zero attached hydrogens (tertiary/aromatic N) is 3. The minimum atomic E-state index is -0.952. The molecule has 0 radical (unpaired) electrons. The molecule has 0 bridgehead atoms. The number of hydrogen-bond acceptors (Lipinski definition) is 6. The lowest BCUT2D eigenvalue weighted by molar-refractivity contribution is 0.0784. The lowest BCUT2D eigenvalue weighted by Crippen LogP contribution is -2.15. The molecule has 2 aromatic carbocycles. The van der Waals surface area contributed by atoms with Crippen LogP contribution >= 0.6 is 0 Å². The SMILES string of the molecule is Cc1cc2nc(CC(=O)c3ccc(C(C)(C)O)cc3)cc(-c3ccc4c(c3)OCCO4)n2n1. The second kappa shape index (κ2) is 8.01. The van der Waals surface area contributed by atoms with Gasteiger partial charge in [0.05, 0.1) is 29.1 Å². The van der Waals surface area contributed by atoms with E-state index in [1.54, 1.807) is 42.6 Å². The number of carbonyl (C=O) groups is 1. The van der Waals surface area contributed by atoms with Crippen molar-refractivity contribution < 1.29 is 19.4 Å². The summed E-state index contributed by atoms with van der Waals surface area (Å²) >= 11 is 0. The average molecular weight is 444 g/mol. The van der Waals surface area contributed by atoms with Crippen molar-refractivity contribution in [3.05, 3.63) is 77.1 Å². The van der Waals surface area contributed by atoms with Gasteiger partial charge in [0.2, 0.25) is 0 Å². The Hall–Kier alpha value is -3.71. The first-order valence-corrected chi connectivity index (χ1v) is 10.9. The first kappa shape index (κ1) is 21.2. The topological polar surface area (TPSA) is 86.0 Å². The molecular formula is C26H25N3O4. The summed E-state index contributed by atoms with van der Waals surface area (Å²) in [4.78, 5) is 17.7. The number of fused-ring (bicyclic) bond motifs is 2. The maximum absolute atomic E-state index is 13.0. The Morgan fingerprint density at radius 3 is 2.48 bits per heavy atom. The predicted molar refractivity (Wildman–Crippen MR) is 124 cm³/mol. The van der Waals surface area contributed by atoms with Crippen LogP contribution in [-0.2, 0) is 12.0 Å². The predicted octanol–water partition coefficient (Wildman–Crippen LogP) is 4.13. The zero-order valence-electron chi connectivity index (χ0n) is 18.8. The van der Waals surface area contributed by atoms with Gasteiger partial charge in [-0.2, -0.15) is 5.10 Å². The van der Waals surface area contributed by atoms with Crippen LogP contribution in [0.25, 0.3) is 16.9 Å². The van der Waals surface area contributed by atoms with Crippen LogP contribution < -0.4 is 9.47 Å². The van der Waals surface area contributed by atoms with E-state index in [4.69, 9.17) is 9.47 Å². The zero-order valence-corrected chi connectivity index (χ0v) is 18.8. The lowest BCUT2D eigenvalue weighted by Gasteiger charge is -2.19. The fourth-order valence-corrected chi connectivity index (χ4v) is 3.97. The van der Waals surface area contributed by atoms with E-state index in [2.05, 4.69) is 10.1 Å². The molecule has 1 aliphatic rings. The molecule has 0 saturated carbocycles. The number of carbonyl (C=O) groups excluding carboxylic acids is 1. The summed E-state index contributed by atoms with van der Waals surface area (Å²) in [5, 5.41) is 14.7. The monoisotopic (exact) mass is 443 g/mol. The Balaban J connectivity index is 1.50. The standard InChI is InChI=1S/C26H25N3O4/c1-16-12-25-27-20(15-22(30)17-4-7-19(8-5-17)26(2,3)31)14-21(29(25)28-16)18-6-9-23-24(13-18)33-11-10-32-23/h4-9,12-14,31H,10-11,15H2,1-3H3. The van der Waals surface area contributed by atoms with Gasteiger partial charge in [-0.1, -0.05) is 24.3 Å². The molecule has 1 aliphatic heterocycles. The molecule has 0 aliphatic carbocycles. The highest BCUT2D eigenvalue weighted by molar-refractivity contribution is 5.97. The van der Waals surface area contributed by atoms with Crippen molar-refractivity contribution in [2.45, 2.75) is 32.8 Å². The molecule has 0 atom stereocenters. The summed E-state index contributed by atoms with van der Waals surface area (Å²) in [7, 11) is 0. The van der Waals surface area contributed by atoms with Crippen LogP contribution in [0.2, 0.25) is 0 Å². The summed E-state index contributed by atoms with van der Waals surface area (Å²) in [6.45, 7) is 6.39. The van der Waals surface area contributed by atoms with Gasteiger partial charge in [0, 0.05) is 17.2 Å². The third kappa shape index (κ3) is 4.19. The quantitative estimate of drug-likeness (QED) is 0.467. The number of ketones is 1. The molecule has 0 spiro atoms. The van der Waals surface area contributed by atoms with E-state index in [1.807, 2.05) is 37.3 Å². The van der Waals surface area contributed by atoms with Gasteiger partial charge in [-0.3, -0.25) is 4.79 Å². The number of aromatic nitrogens is 3. The molecule has 0 fully saturated rings. The second-order valence-corrected chi connectivity index (χ2v) is 8.78. The van der Waals surface area contributed by atoms with E-state index in [9.17, 15) is 9.90 Å². The molecule has 4 aromatic rings. The Bertz CT molecular complexity index is 1350. The number of hydrogen-bond donors (Lipinski definition) is 1. The molecule has 168 valence electrons. The van der Waals surface area contributed by atoms with Crippen molar-refractivity contribution in [3.8, 4) is 22.8 Å². The normalized spacial score (nSPS) is 13.3. The minimum absolute atomic E-state index is 0.0430. The third-order valence-corrected chi connectivity index (χ3v) is 5.70. The van der Waals surface area contributed by atoms with Gasteiger partial charge in [-0.25, -0.2) is 9.50 Å². The van der Waals surface area contributed by atoms with E-state index in [0.717, 1.165) is 28.3 Å². The van der Waals surface area contributed by atoms with Gasteiger partial charge in [0.25, 0.3) is 0 Å². The summed E-state index contributed by atoms with van der Waals surface area (Å²) < 4.78 is 13.2. The van der Waals surface area contributed by atoms with Crippen molar-refractivity contribution in [1.29, 1.82) is 0 Å².